The molecule has 0 fully saturated rings. The fourth-order valence-electron chi connectivity index (χ4n) is 1.86. The summed E-state index contributed by atoms with van der Waals surface area (Å²) < 4.78 is 6.61. The van der Waals surface area contributed by atoms with Gasteiger partial charge in [0, 0.05) is 13.2 Å². The summed E-state index contributed by atoms with van der Waals surface area (Å²) in [6.45, 7) is 7.51. The van der Waals surface area contributed by atoms with Gasteiger partial charge in [-0.1, -0.05) is 0 Å². The first-order chi connectivity index (χ1) is 8.60. The maximum Gasteiger partial charge on any atom is 0.0907 e. The van der Waals surface area contributed by atoms with Crippen LogP contribution in [0.15, 0.2) is 12.1 Å². The molecule has 3 N–H and O–H groups in total. The van der Waals surface area contributed by atoms with Crippen LogP contribution in [0.3, 0.4) is 0 Å². The van der Waals surface area contributed by atoms with Crippen LogP contribution in [0, 0.1) is 6.92 Å². The summed E-state index contributed by atoms with van der Waals surface area (Å²) in [5, 5.41) is 4.37. The SMILES string of the molecule is CCOC(C)CNc1cc2nc(C)sc2cc1N. The number of nitrogen functional groups attached to an aromatic ring is 1. The second-order valence-corrected chi connectivity index (χ2v) is 5.52. The fraction of sp³-hybridized carbons (Fsp3) is 0.462. The van der Waals surface area contributed by atoms with Crippen molar-refractivity contribution < 1.29 is 4.74 Å². The van der Waals surface area contributed by atoms with Gasteiger partial charge in [0.15, 0.2) is 0 Å². The van der Waals surface area contributed by atoms with Crippen LogP contribution in [0.5, 0.6) is 0 Å². The molecule has 0 amide bonds. The van der Waals surface area contributed by atoms with Crippen LogP contribution in [-0.4, -0.2) is 24.2 Å². The quantitative estimate of drug-likeness (QED) is 0.816. The van der Waals surface area contributed by atoms with Crippen molar-refractivity contribution >= 4 is 32.9 Å². The van der Waals surface area contributed by atoms with E-state index in [1.165, 1.54) is 0 Å². The highest BCUT2D eigenvalue weighted by Gasteiger charge is 2.07. The number of ether oxygens (including phenoxy) is 1. The average molecular weight is 265 g/mol. The molecule has 0 aliphatic heterocycles. The molecule has 18 heavy (non-hydrogen) atoms. The molecule has 1 heterocycles. The van der Waals surface area contributed by atoms with Gasteiger partial charge in [0.2, 0.25) is 0 Å². The Morgan fingerprint density at radius 2 is 2.28 bits per heavy atom. The van der Waals surface area contributed by atoms with Crippen LogP contribution in [0.1, 0.15) is 18.9 Å². The van der Waals surface area contributed by atoms with Crippen molar-refractivity contribution in [1.29, 1.82) is 0 Å². The topological polar surface area (TPSA) is 60.2 Å². The Morgan fingerprint density at radius 1 is 1.50 bits per heavy atom. The van der Waals surface area contributed by atoms with E-state index in [1.807, 2.05) is 32.9 Å². The number of rotatable bonds is 5. The van der Waals surface area contributed by atoms with Gasteiger partial charge in [0.05, 0.1) is 32.7 Å². The highest BCUT2D eigenvalue weighted by Crippen LogP contribution is 2.29. The Balaban J connectivity index is 2.14. The van der Waals surface area contributed by atoms with Crippen LogP contribution >= 0.6 is 11.3 Å². The highest BCUT2D eigenvalue weighted by molar-refractivity contribution is 7.18. The molecule has 1 aromatic heterocycles. The summed E-state index contributed by atoms with van der Waals surface area (Å²) in [5.41, 5.74) is 8.72. The van der Waals surface area contributed by atoms with Crippen LogP contribution in [-0.2, 0) is 4.74 Å². The number of benzene rings is 1. The smallest absolute Gasteiger partial charge is 0.0907 e. The van der Waals surface area contributed by atoms with E-state index >= 15 is 0 Å². The van der Waals surface area contributed by atoms with Crippen LogP contribution in [0.25, 0.3) is 10.2 Å². The number of aryl methyl sites for hydroxylation is 1. The summed E-state index contributed by atoms with van der Waals surface area (Å²) in [4.78, 5) is 4.47. The Kier molecular flexibility index (Phi) is 4.04. The normalized spacial score (nSPS) is 12.8. The van der Waals surface area contributed by atoms with Crippen molar-refractivity contribution in [3.05, 3.63) is 17.1 Å². The van der Waals surface area contributed by atoms with Gasteiger partial charge in [-0.25, -0.2) is 4.98 Å². The molecule has 4 nitrogen and oxygen atoms in total. The summed E-state index contributed by atoms with van der Waals surface area (Å²) in [6, 6.07) is 3.99. The lowest BCUT2D eigenvalue weighted by Gasteiger charge is -2.14. The van der Waals surface area contributed by atoms with Crippen molar-refractivity contribution in [1.82, 2.24) is 4.98 Å². The van der Waals surface area contributed by atoms with Crippen molar-refractivity contribution in [2.45, 2.75) is 26.9 Å². The van der Waals surface area contributed by atoms with Crippen LogP contribution < -0.4 is 11.1 Å². The van der Waals surface area contributed by atoms with E-state index < -0.39 is 0 Å². The number of thiazole rings is 1. The second kappa shape index (κ2) is 5.54. The van der Waals surface area contributed by atoms with Gasteiger partial charge < -0.3 is 15.8 Å². The van der Waals surface area contributed by atoms with Crippen molar-refractivity contribution in [2.24, 2.45) is 0 Å². The molecule has 98 valence electrons. The maximum absolute atomic E-state index is 6.03. The molecule has 5 heteroatoms. The minimum atomic E-state index is 0.169. The van der Waals surface area contributed by atoms with Gasteiger partial charge in [-0.05, 0) is 32.9 Å². The Hall–Kier alpha value is -1.33. The van der Waals surface area contributed by atoms with Gasteiger partial charge in [-0.3, -0.25) is 0 Å². The first kappa shape index (κ1) is 13.1. The Morgan fingerprint density at radius 3 is 3.00 bits per heavy atom. The first-order valence-electron chi connectivity index (χ1n) is 6.12. The first-order valence-corrected chi connectivity index (χ1v) is 6.94. The summed E-state index contributed by atoms with van der Waals surface area (Å²) in [7, 11) is 0. The third kappa shape index (κ3) is 2.91. The molecule has 0 spiro atoms. The third-order valence-electron chi connectivity index (χ3n) is 2.70. The van der Waals surface area contributed by atoms with Crippen molar-refractivity contribution in [3.8, 4) is 0 Å². The number of nitrogens with zero attached hydrogens (tertiary/aromatic N) is 1. The molecular weight excluding hydrogens is 246 g/mol. The molecule has 0 saturated heterocycles. The lowest BCUT2D eigenvalue weighted by Crippen LogP contribution is -2.20. The van der Waals surface area contributed by atoms with Gasteiger partial charge in [0.1, 0.15) is 0 Å². The molecule has 0 saturated carbocycles. The van der Waals surface area contributed by atoms with E-state index in [4.69, 9.17) is 10.5 Å². The molecular formula is C13H19N3OS. The molecule has 2 rings (SSSR count). The van der Waals surface area contributed by atoms with E-state index in [1.54, 1.807) is 11.3 Å². The number of anilines is 2. The van der Waals surface area contributed by atoms with Gasteiger partial charge in [-0.15, -0.1) is 11.3 Å². The lowest BCUT2D eigenvalue weighted by molar-refractivity contribution is 0.0855. The molecule has 0 radical (unpaired) electrons. The minimum absolute atomic E-state index is 0.169. The zero-order chi connectivity index (χ0) is 13.1. The molecule has 2 aromatic rings. The third-order valence-corrected chi connectivity index (χ3v) is 3.63. The Bertz CT molecular complexity index is 538. The number of nitrogens with two attached hydrogens (primary N) is 1. The van der Waals surface area contributed by atoms with E-state index in [0.717, 1.165) is 39.8 Å². The maximum atomic E-state index is 6.03. The number of nitrogens with one attached hydrogen (secondary N) is 1. The van der Waals surface area contributed by atoms with E-state index in [2.05, 4.69) is 10.3 Å². The summed E-state index contributed by atoms with van der Waals surface area (Å²) in [6.07, 6.45) is 0.169. The van der Waals surface area contributed by atoms with E-state index in [0.29, 0.717) is 0 Å². The molecule has 0 bridgehead atoms. The minimum Gasteiger partial charge on any atom is -0.397 e. The second-order valence-electron chi connectivity index (χ2n) is 4.29. The lowest BCUT2D eigenvalue weighted by atomic mass is 10.2. The molecule has 1 aromatic carbocycles. The number of hydrogen-bond acceptors (Lipinski definition) is 5. The van der Waals surface area contributed by atoms with Crippen LogP contribution in [0.4, 0.5) is 11.4 Å². The number of hydrogen-bond donors (Lipinski definition) is 2. The zero-order valence-electron chi connectivity index (χ0n) is 11.0. The van der Waals surface area contributed by atoms with Crippen molar-refractivity contribution in [2.75, 3.05) is 24.2 Å². The number of fused-ring (bicyclic) bond motifs is 1. The van der Waals surface area contributed by atoms with Crippen molar-refractivity contribution in [3.63, 3.8) is 0 Å². The highest BCUT2D eigenvalue weighted by atomic mass is 32.1. The largest absolute Gasteiger partial charge is 0.397 e. The summed E-state index contributed by atoms with van der Waals surface area (Å²) in [5.74, 6) is 0. The standard InChI is InChI=1S/C13H19N3OS/c1-4-17-8(2)7-15-11-6-12-13(5-10(11)14)18-9(3)16-12/h5-6,8,15H,4,7,14H2,1-3H3. The van der Waals surface area contributed by atoms with Gasteiger partial charge in [-0.2, -0.15) is 0 Å². The van der Waals surface area contributed by atoms with Crippen LogP contribution in [0.2, 0.25) is 0 Å². The van der Waals surface area contributed by atoms with Gasteiger partial charge >= 0.3 is 0 Å². The monoisotopic (exact) mass is 265 g/mol. The average Bonchev–Trinajstić information content (AvgIpc) is 2.65. The molecule has 1 atom stereocenters. The fourth-order valence-corrected chi connectivity index (χ4v) is 2.71. The number of aromatic nitrogens is 1. The predicted octanol–water partition coefficient (Wildman–Crippen LogP) is 3.02. The van der Waals surface area contributed by atoms with E-state index in [-0.39, 0.29) is 6.10 Å². The summed E-state index contributed by atoms with van der Waals surface area (Å²) >= 11 is 1.66. The Labute approximate surface area is 111 Å². The molecule has 0 aliphatic rings. The predicted molar refractivity (Wildman–Crippen MR) is 78.3 cm³/mol. The van der Waals surface area contributed by atoms with E-state index in [9.17, 15) is 0 Å². The molecule has 0 aliphatic carbocycles. The molecule has 1 unspecified atom stereocenters. The van der Waals surface area contributed by atoms with Gasteiger partial charge in [0.25, 0.3) is 0 Å². The zero-order valence-corrected chi connectivity index (χ0v) is 11.8.